The molecule has 5 rings (SSSR count). The van der Waals surface area contributed by atoms with Gasteiger partial charge in [0, 0.05) is 16.5 Å². The van der Waals surface area contributed by atoms with E-state index < -0.39 is 5.54 Å². The lowest BCUT2D eigenvalue weighted by atomic mass is 9.91. The van der Waals surface area contributed by atoms with Crippen molar-refractivity contribution in [2.75, 3.05) is 7.11 Å². The van der Waals surface area contributed by atoms with Crippen molar-refractivity contribution in [2.24, 2.45) is 0 Å². The number of carbonyl (C=O) groups is 2. The molecule has 0 unspecified atom stereocenters. The van der Waals surface area contributed by atoms with Crippen molar-refractivity contribution in [1.29, 1.82) is 0 Å². The molecule has 0 bridgehead atoms. The lowest BCUT2D eigenvalue weighted by Crippen LogP contribution is -2.64. The second-order valence-corrected chi connectivity index (χ2v) is 10.4. The van der Waals surface area contributed by atoms with Crippen molar-refractivity contribution in [1.82, 2.24) is 20.0 Å². The predicted molar refractivity (Wildman–Crippen MR) is 132 cm³/mol. The lowest BCUT2D eigenvalue weighted by molar-refractivity contribution is -0.134. The summed E-state index contributed by atoms with van der Waals surface area (Å²) in [5.74, 6) is 0.488. The van der Waals surface area contributed by atoms with Crippen molar-refractivity contribution < 1.29 is 14.3 Å². The number of nitrogens with zero attached hydrogens (tertiary/aromatic N) is 3. The van der Waals surface area contributed by atoms with Gasteiger partial charge in [-0.2, -0.15) is 5.10 Å². The largest absolute Gasteiger partial charge is 0.497 e. The number of nitrogens with one attached hydrogen (secondary N) is 1. The molecule has 3 aromatic rings. The highest BCUT2D eigenvalue weighted by molar-refractivity contribution is 7.09. The van der Waals surface area contributed by atoms with E-state index in [1.807, 2.05) is 54.8 Å². The highest BCUT2D eigenvalue weighted by atomic mass is 32.1. The summed E-state index contributed by atoms with van der Waals surface area (Å²) in [7, 11) is 1.63. The lowest BCUT2D eigenvalue weighted by Gasteiger charge is -2.43. The summed E-state index contributed by atoms with van der Waals surface area (Å²) >= 11 is 1.59. The second kappa shape index (κ2) is 9.25. The molecule has 1 aliphatic carbocycles. The van der Waals surface area contributed by atoms with Crippen LogP contribution in [-0.2, 0) is 17.9 Å². The van der Waals surface area contributed by atoms with Gasteiger partial charge in [0.05, 0.1) is 25.9 Å². The first-order valence-corrected chi connectivity index (χ1v) is 12.7. The van der Waals surface area contributed by atoms with Gasteiger partial charge in [0.15, 0.2) is 0 Å². The highest BCUT2D eigenvalue weighted by Gasteiger charge is 2.48. The average Bonchev–Trinajstić information content (AvgIpc) is 3.52. The van der Waals surface area contributed by atoms with E-state index in [-0.39, 0.29) is 17.9 Å². The van der Waals surface area contributed by atoms with Gasteiger partial charge in [-0.3, -0.25) is 14.3 Å². The van der Waals surface area contributed by atoms with Gasteiger partial charge in [0.1, 0.15) is 17.0 Å². The number of rotatable bonds is 6. The van der Waals surface area contributed by atoms with E-state index in [0.29, 0.717) is 24.5 Å². The molecule has 2 amide bonds. The Morgan fingerprint density at radius 2 is 1.97 bits per heavy atom. The fourth-order valence-corrected chi connectivity index (χ4v) is 5.63. The minimum absolute atomic E-state index is 0.101. The van der Waals surface area contributed by atoms with Crippen molar-refractivity contribution in [3.63, 3.8) is 0 Å². The minimum Gasteiger partial charge on any atom is -0.497 e. The first kappa shape index (κ1) is 22.7. The van der Waals surface area contributed by atoms with E-state index in [9.17, 15) is 9.59 Å². The fourth-order valence-electron chi connectivity index (χ4n) is 4.94. The number of hydrogen-bond acceptors (Lipinski definition) is 5. The summed E-state index contributed by atoms with van der Waals surface area (Å²) in [6.45, 7) is 2.58. The van der Waals surface area contributed by atoms with Gasteiger partial charge in [-0.1, -0.05) is 25.3 Å². The van der Waals surface area contributed by atoms with Gasteiger partial charge >= 0.3 is 0 Å². The molecule has 1 saturated carbocycles. The third-order valence-corrected chi connectivity index (χ3v) is 7.87. The van der Waals surface area contributed by atoms with E-state index in [1.165, 1.54) is 6.42 Å². The van der Waals surface area contributed by atoms with Crippen LogP contribution in [0.1, 0.15) is 54.4 Å². The maximum atomic E-state index is 13.8. The van der Waals surface area contributed by atoms with Crippen molar-refractivity contribution in [3.8, 4) is 17.0 Å². The molecule has 1 atom stereocenters. The van der Waals surface area contributed by atoms with Gasteiger partial charge in [-0.25, -0.2) is 0 Å². The summed E-state index contributed by atoms with van der Waals surface area (Å²) in [6, 6.07) is 13.6. The molecule has 2 aliphatic rings. The Hall–Kier alpha value is -3.13. The van der Waals surface area contributed by atoms with Crippen LogP contribution < -0.4 is 10.1 Å². The van der Waals surface area contributed by atoms with E-state index in [2.05, 4.69) is 5.32 Å². The van der Waals surface area contributed by atoms with Crippen LogP contribution in [0.5, 0.6) is 5.75 Å². The van der Waals surface area contributed by atoms with Crippen LogP contribution in [0.4, 0.5) is 0 Å². The molecule has 1 aromatic carbocycles. The number of methoxy groups -OCH3 is 1. The number of fused-ring (bicyclic) bond motifs is 1. The Bertz CT molecular complexity index is 1170. The number of thiophene rings is 1. The molecule has 0 radical (unpaired) electrons. The van der Waals surface area contributed by atoms with Crippen LogP contribution in [0.2, 0.25) is 0 Å². The number of carbonyl (C=O) groups excluding carboxylic acids is 2. The minimum atomic E-state index is -1.03. The number of ether oxygens (including phenoxy) is 1. The predicted octanol–water partition coefficient (Wildman–Crippen LogP) is 4.48. The molecular weight excluding hydrogens is 448 g/mol. The van der Waals surface area contributed by atoms with Crippen LogP contribution in [0.15, 0.2) is 47.8 Å². The van der Waals surface area contributed by atoms with Crippen LogP contribution in [-0.4, -0.2) is 45.2 Å². The highest BCUT2D eigenvalue weighted by Crippen LogP contribution is 2.33. The molecular formula is C26H30N4O3S. The summed E-state index contributed by atoms with van der Waals surface area (Å²) in [4.78, 5) is 30.2. The Balaban J connectivity index is 1.48. The third kappa shape index (κ3) is 4.22. The number of benzene rings is 1. The molecule has 7 nitrogen and oxygen atoms in total. The average molecular weight is 479 g/mol. The Morgan fingerprint density at radius 3 is 2.65 bits per heavy atom. The van der Waals surface area contributed by atoms with Crippen LogP contribution in [0, 0.1) is 0 Å². The van der Waals surface area contributed by atoms with E-state index in [0.717, 1.165) is 41.9 Å². The van der Waals surface area contributed by atoms with Crippen molar-refractivity contribution >= 4 is 23.2 Å². The standard InChI is InChI=1S/C26H30N4O3S/c1-26(25(32)27-19-7-4-3-5-8-19)17-30-23(24(31)29(26)16-21-9-6-14-34-21)15-22(28-30)18-10-12-20(33-2)13-11-18/h6,9-15,19H,3-5,7-8,16-17H2,1-2H3,(H,27,32)/t26-/m0/s1. The zero-order chi connectivity index (χ0) is 23.7. The zero-order valence-corrected chi connectivity index (χ0v) is 20.4. The molecule has 1 fully saturated rings. The number of aromatic nitrogens is 2. The van der Waals surface area contributed by atoms with Crippen LogP contribution in [0.25, 0.3) is 11.3 Å². The van der Waals surface area contributed by atoms with Gasteiger partial charge in [-0.15, -0.1) is 11.3 Å². The summed E-state index contributed by atoms with van der Waals surface area (Å²) in [6.07, 6.45) is 5.48. The van der Waals surface area contributed by atoms with Crippen LogP contribution >= 0.6 is 11.3 Å². The van der Waals surface area contributed by atoms with Gasteiger partial charge in [0.25, 0.3) is 5.91 Å². The Labute approximate surface area is 203 Å². The van der Waals surface area contributed by atoms with Crippen LogP contribution in [0.3, 0.4) is 0 Å². The molecule has 3 heterocycles. The molecule has 178 valence electrons. The maximum absolute atomic E-state index is 13.8. The Morgan fingerprint density at radius 1 is 1.21 bits per heavy atom. The van der Waals surface area contributed by atoms with E-state index in [1.54, 1.807) is 28.0 Å². The monoisotopic (exact) mass is 478 g/mol. The van der Waals surface area contributed by atoms with Gasteiger partial charge in [-0.05, 0) is 61.5 Å². The molecule has 2 aromatic heterocycles. The zero-order valence-electron chi connectivity index (χ0n) is 19.6. The van der Waals surface area contributed by atoms with Crippen molar-refractivity contribution in [2.45, 2.75) is 63.7 Å². The smallest absolute Gasteiger partial charge is 0.273 e. The summed E-state index contributed by atoms with van der Waals surface area (Å²) < 4.78 is 6.96. The van der Waals surface area contributed by atoms with Gasteiger partial charge < -0.3 is 15.0 Å². The molecule has 8 heteroatoms. The molecule has 0 saturated heterocycles. The van der Waals surface area contributed by atoms with Gasteiger partial charge in [0.2, 0.25) is 5.91 Å². The topological polar surface area (TPSA) is 76.5 Å². The maximum Gasteiger partial charge on any atom is 0.273 e. The first-order valence-electron chi connectivity index (χ1n) is 11.9. The summed E-state index contributed by atoms with van der Waals surface area (Å²) in [5.41, 5.74) is 1.08. The molecule has 0 spiro atoms. The second-order valence-electron chi connectivity index (χ2n) is 9.35. The van der Waals surface area contributed by atoms with E-state index >= 15 is 0 Å². The third-order valence-electron chi connectivity index (χ3n) is 7.01. The summed E-state index contributed by atoms with van der Waals surface area (Å²) in [5, 5.41) is 9.99. The Kier molecular flexibility index (Phi) is 6.16. The number of amides is 2. The molecule has 34 heavy (non-hydrogen) atoms. The fraction of sp³-hybridized carbons (Fsp3) is 0.423. The molecule has 1 N–H and O–H groups in total. The van der Waals surface area contributed by atoms with Crippen molar-refractivity contribution in [3.05, 3.63) is 58.4 Å². The van der Waals surface area contributed by atoms with E-state index in [4.69, 9.17) is 9.84 Å². The number of hydrogen-bond donors (Lipinski definition) is 1. The first-order chi connectivity index (χ1) is 16.5. The normalized spacial score (nSPS) is 20.8. The SMILES string of the molecule is COc1ccc(-c2cc3n(n2)C[C@@](C)(C(=O)NC2CCCCC2)N(Cc2cccs2)C3=O)cc1. The quantitative estimate of drug-likeness (QED) is 0.567. The molecule has 1 aliphatic heterocycles.